The summed E-state index contributed by atoms with van der Waals surface area (Å²) in [6.45, 7) is 6.87. The lowest BCUT2D eigenvalue weighted by atomic mass is 10.1. The minimum atomic E-state index is -0.0220. The molecule has 0 fully saturated rings. The van der Waals surface area contributed by atoms with E-state index in [0.29, 0.717) is 19.6 Å². The summed E-state index contributed by atoms with van der Waals surface area (Å²) in [7, 11) is 0. The third-order valence-electron chi connectivity index (χ3n) is 2.21. The molecule has 0 aliphatic carbocycles. The van der Waals surface area contributed by atoms with Crippen molar-refractivity contribution in [2.45, 2.75) is 33.2 Å². The van der Waals surface area contributed by atoms with Gasteiger partial charge in [-0.05, 0) is 19.8 Å². The summed E-state index contributed by atoms with van der Waals surface area (Å²) >= 11 is 0. The molecule has 14 heavy (non-hydrogen) atoms. The minimum Gasteiger partial charge on any atom is -0.396 e. The Kier molecular flexibility index (Phi) is 7.42. The molecule has 0 spiro atoms. The smallest absolute Gasteiger partial charge is 0.222 e. The quantitative estimate of drug-likeness (QED) is 0.594. The van der Waals surface area contributed by atoms with Crippen LogP contribution in [0.5, 0.6) is 0 Å². The first-order valence-corrected chi connectivity index (χ1v) is 5.09. The van der Waals surface area contributed by atoms with Crippen LogP contribution in [-0.4, -0.2) is 36.9 Å². The van der Waals surface area contributed by atoms with Crippen molar-refractivity contribution in [2.75, 3.05) is 19.8 Å². The van der Waals surface area contributed by atoms with Crippen LogP contribution in [0, 0.1) is 5.92 Å². The van der Waals surface area contributed by atoms with E-state index in [0.717, 1.165) is 0 Å². The average molecular weight is 203 g/mol. The maximum atomic E-state index is 11.3. The summed E-state index contributed by atoms with van der Waals surface area (Å²) in [6.07, 6.45) is 0.385. The lowest BCUT2D eigenvalue weighted by Gasteiger charge is -2.19. The molecular formula is C10H21NO3. The van der Waals surface area contributed by atoms with Crippen LogP contribution in [0.4, 0.5) is 0 Å². The zero-order chi connectivity index (χ0) is 11.0. The number of rotatable bonds is 7. The van der Waals surface area contributed by atoms with E-state index in [-0.39, 0.29) is 24.5 Å². The first-order chi connectivity index (χ1) is 6.61. The van der Waals surface area contributed by atoms with Crippen molar-refractivity contribution in [3.8, 4) is 0 Å². The van der Waals surface area contributed by atoms with Crippen LogP contribution in [-0.2, 0) is 9.53 Å². The van der Waals surface area contributed by atoms with Gasteiger partial charge >= 0.3 is 0 Å². The first-order valence-electron chi connectivity index (χ1n) is 5.09. The Morgan fingerprint density at radius 1 is 1.50 bits per heavy atom. The molecule has 1 amide bonds. The molecular weight excluding hydrogens is 182 g/mol. The molecule has 4 heteroatoms. The molecule has 0 aliphatic heterocycles. The van der Waals surface area contributed by atoms with Gasteiger partial charge in [0.25, 0.3) is 0 Å². The van der Waals surface area contributed by atoms with Crippen molar-refractivity contribution < 1.29 is 14.6 Å². The zero-order valence-corrected chi connectivity index (χ0v) is 9.25. The van der Waals surface area contributed by atoms with E-state index in [4.69, 9.17) is 9.84 Å². The Morgan fingerprint density at radius 2 is 2.14 bits per heavy atom. The van der Waals surface area contributed by atoms with E-state index in [1.54, 1.807) is 0 Å². The lowest BCUT2D eigenvalue weighted by molar-refractivity contribution is -0.123. The van der Waals surface area contributed by atoms with E-state index >= 15 is 0 Å². The molecule has 2 unspecified atom stereocenters. The maximum Gasteiger partial charge on any atom is 0.222 e. The molecule has 0 bridgehead atoms. The predicted octanol–water partition coefficient (Wildman–Crippen LogP) is 0.546. The van der Waals surface area contributed by atoms with Gasteiger partial charge in [0.2, 0.25) is 5.91 Å². The molecule has 0 rings (SSSR count). The van der Waals surface area contributed by atoms with E-state index in [9.17, 15) is 4.79 Å². The lowest BCUT2D eigenvalue weighted by Crippen LogP contribution is -2.38. The van der Waals surface area contributed by atoms with Crippen LogP contribution in [0.25, 0.3) is 0 Å². The van der Waals surface area contributed by atoms with Gasteiger partial charge in [-0.25, -0.2) is 0 Å². The van der Waals surface area contributed by atoms with Crippen LogP contribution in [0.1, 0.15) is 27.2 Å². The standard InChI is InChI=1S/C10H21NO3/c1-4-14-6-5-10(13)11-9(3)8(2)7-12/h8-9,12H,4-7H2,1-3H3,(H,11,13). The van der Waals surface area contributed by atoms with Crippen LogP contribution in [0.15, 0.2) is 0 Å². The van der Waals surface area contributed by atoms with Gasteiger partial charge in [0, 0.05) is 25.7 Å². The predicted molar refractivity (Wildman–Crippen MR) is 55.0 cm³/mol. The molecule has 84 valence electrons. The molecule has 0 heterocycles. The van der Waals surface area contributed by atoms with Crippen molar-refractivity contribution in [1.29, 1.82) is 0 Å². The molecule has 2 atom stereocenters. The number of nitrogens with one attached hydrogen (secondary N) is 1. The summed E-state index contributed by atoms with van der Waals surface area (Å²) in [5, 5.41) is 11.7. The molecule has 0 aromatic carbocycles. The van der Waals surface area contributed by atoms with Crippen molar-refractivity contribution in [3.05, 3.63) is 0 Å². The largest absolute Gasteiger partial charge is 0.396 e. The minimum absolute atomic E-state index is 0.00845. The van der Waals surface area contributed by atoms with Crippen LogP contribution >= 0.6 is 0 Å². The fourth-order valence-corrected chi connectivity index (χ4v) is 0.936. The highest BCUT2D eigenvalue weighted by Gasteiger charge is 2.13. The fourth-order valence-electron chi connectivity index (χ4n) is 0.936. The third kappa shape index (κ3) is 5.94. The van der Waals surface area contributed by atoms with Crippen molar-refractivity contribution >= 4 is 5.91 Å². The fraction of sp³-hybridized carbons (Fsp3) is 0.900. The SMILES string of the molecule is CCOCCC(=O)NC(C)C(C)CO. The average Bonchev–Trinajstić information content (AvgIpc) is 2.16. The highest BCUT2D eigenvalue weighted by atomic mass is 16.5. The second-order valence-corrected chi connectivity index (χ2v) is 3.46. The normalized spacial score (nSPS) is 14.9. The van der Waals surface area contributed by atoms with Crippen LogP contribution in [0.3, 0.4) is 0 Å². The van der Waals surface area contributed by atoms with Gasteiger partial charge in [-0.2, -0.15) is 0 Å². The summed E-state index contributed by atoms with van der Waals surface area (Å²) in [5.74, 6) is 0.0669. The van der Waals surface area contributed by atoms with Gasteiger partial charge in [0.1, 0.15) is 0 Å². The van der Waals surface area contributed by atoms with Gasteiger partial charge in [0.05, 0.1) is 6.61 Å². The molecule has 0 radical (unpaired) electrons. The number of amides is 1. The summed E-state index contributed by atoms with van der Waals surface area (Å²) < 4.78 is 5.06. The van der Waals surface area contributed by atoms with Gasteiger partial charge in [-0.15, -0.1) is 0 Å². The number of ether oxygens (including phenoxy) is 1. The van der Waals surface area contributed by atoms with Crippen LogP contribution in [0.2, 0.25) is 0 Å². The summed E-state index contributed by atoms with van der Waals surface area (Å²) in [5.41, 5.74) is 0. The molecule has 4 nitrogen and oxygen atoms in total. The molecule has 2 N–H and O–H groups in total. The molecule has 0 saturated heterocycles. The first kappa shape index (κ1) is 13.4. The van der Waals surface area contributed by atoms with E-state index in [1.165, 1.54) is 0 Å². The molecule has 0 saturated carbocycles. The highest BCUT2D eigenvalue weighted by Crippen LogP contribution is 2.00. The van der Waals surface area contributed by atoms with Gasteiger partial charge < -0.3 is 15.2 Å². The number of carbonyl (C=O) groups is 1. The third-order valence-corrected chi connectivity index (χ3v) is 2.21. The number of aliphatic hydroxyl groups is 1. The second-order valence-electron chi connectivity index (χ2n) is 3.46. The number of aliphatic hydroxyl groups excluding tert-OH is 1. The highest BCUT2D eigenvalue weighted by molar-refractivity contribution is 5.76. The Bertz CT molecular complexity index is 161. The molecule has 0 aromatic rings. The van der Waals surface area contributed by atoms with E-state index in [1.807, 2.05) is 20.8 Å². The number of carbonyl (C=O) groups excluding carboxylic acids is 1. The van der Waals surface area contributed by atoms with Crippen molar-refractivity contribution in [3.63, 3.8) is 0 Å². The Morgan fingerprint density at radius 3 is 2.64 bits per heavy atom. The Hall–Kier alpha value is -0.610. The van der Waals surface area contributed by atoms with E-state index in [2.05, 4.69) is 5.32 Å². The zero-order valence-electron chi connectivity index (χ0n) is 9.25. The topological polar surface area (TPSA) is 58.6 Å². The Balaban J connectivity index is 3.60. The maximum absolute atomic E-state index is 11.3. The van der Waals surface area contributed by atoms with Gasteiger partial charge in [-0.3, -0.25) is 4.79 Å². The van der Waals surface area contributed by atoms with E-state index < -0.39 is 0 Å². The van der Waals surface area contributed by atoms with Crippen molar-refractivity contribution in [1.82, 2.24) is 5.32 Å². The number of hydrogen-bond donors (Lipinski definition) is 2. The molecule has 0 aromatic heterocycles. The Labute approximate surface area is 85.6 Å². The summed E-state index contributed by atoms with van der Waals surface area (Å²) in [6, 6.07) is 0.00845. The van der Waals surface area contributed by atoms with Gasteiger partial charge in [0.15, 0.2) is 0 Å². The summed E-state index contributed by atoms with van der Waals surface area (Å²) in [4.78, 5) is 11.3. The number of hydrogen-bond acceptors (Lipinski definition) is 3. The van der Waals surface area contributed by atoms with Crippen molar-refractivity contribution in [2.24, 2.45) is 5.92 Å². The van der Waals surface area contributed by atoms with Crippen LogP contribution < -0.4 is 5.32 Å². The monoisotopic (exact) mass is 203 g/mol. The second kappa shape index (κ2) is 7.76. The van der Waals surface area contributed by atoms with Gasteiger partial charge in [-0.1, -0.05) is 6.92 Å². The molecule has 0 aliphatic rings.